The molecule has 100 valence electrons. The summed E-state index contributed by atoms with van der Waals surface area (Å²) in [7, 11) is 0. The molecule has 1 aromatic heterocycles. The van der Waals surface area contributed by atoms with Gasteiger partial charge in [-0.1, -0.05) is 31.2 Å². The Kier molecular flexibility index (Phi) is 3.95. The summed E-state index contributed by atoms with van der Waals surface area (Å²) in [5.41, 5.74) is 3.02. The number of hydrogen-bond donors (Lipinski definition) is 1. The van der Waals surface area contributed by atoms with Gasteiger partial charge in [0.1, 0.15) is 0 Å². The molecule has 2 nitrogen and oxygen atoms in total. The summed E-state index contributed by atoms with van der Waals surface area (Å²) in [6, 6.07) is 9.38. The van der Waals surface area contributed by atoms with Crippen LogP contribution in [-0.2, 0) is 6.42 Å². The zero-order chi connectivity index (χ0) is 13.1. The fourth-order valence-electron chi connectivity index (χ4n) is 2.85. The zero-order valence-corrected chi connectivity index (χ0v) is 12.1. The minimum absolute atomic E-state index is 0.495. The molecule has 0 spiro atoms. The van der Waals surface area contributed by atoms with Crippen molar-refractivity contribution in [2.45, 2.75) is 38.1 Å². The molecule has 0 saturated heterocycles. The first-order valence-electron chi connectivity index (χ1n) is 7.05. The molecule has 3 rings (SSSR count). The van der Waals surface area contributed by atoms with Crippen molar-refractivity contribution >= 4 is 11.3 Å². The van der Waals surface area contributed by atoms with E-state index in [9.17, 15) is 0 Å². The monoisotopic (exact) mass is 272 g/mol. The third kappa shape index (κ3) is 2.88. The number of aryl methyl sites for hydroxylation is 1. The van der Waals surface area contributed by atoms with Crippen LogP contribution in [0, 0.1) is 0 Å². The van der Waals surface area contributed by atoms with Gasteiger partial charge in [0.2, 0.25) is 0 Å². The van der Waals surface area contributed by atoms with Crippen molar-refractivity contribution in [2.24, 2.45) is 0 Å². The van der Waals surface area contributed by atoms with E-state index in [4.69, 9.17) is 0 Å². The van der Waals surface area contributed by atoms with Crippen molar-refractivity contribution in [3.63, 3.8) is 0 Å². The molecule has 0 radical (unpaired) electrons. The summed E-state index contributed by atoms with van der Waals surface area (Å²) >= 11 is 1.75. The molecular weight excluding hydrogens is 252 g/mol. The van der Waals surface area contributed by atoms with Crippen LogP contribution in [0.5, 0.6) is 0 Å². The molecule has 2 unspecified atom stereocenters. The lowest BCUT2D eigenvalue weighted by Gasteiger charge is -2.27. The van der Waals surface area contributed by atoms with E-state index in [2.05, 4.69) is 46.9 Å². The van der Waals surface area contributed by atoms with Gasteiger partial charge in [-0.25, -0.2) is 4.98 Å². The molecule has 0 aliphatic heterocycles. The van der Waals surface area contributed by atoms with Crippen molar-refractivity contribution in [2.75, 3.05) is 6.54 Å². The maximum atomic E-state index is 4.40. The van der Waals surface area contributed by atoms with Gasteiger partial charge in [-0.2, -0.15) is 0 Å². The van der Waals surface area contributed by atoms with E-state index in [1.807, 2.05) is 6.20 Å². The Labute approximate surface area is 118 Å². The van der Waals surface area contributed by atoms with Crippen molar-refractivity contribution in [3.8, 4) is 0 Å². The number of fused-ring (bicyclic) bond motifs is 1. The number of hydrogen-bond acceptors (Lipinski definition) is 3. The van der Waals surface area contributed by atoms with Crippen molar-refractivity contribution in [3.05, 3.63) is 52.0 Å². The van der Waals surface area contributed by atoms with Crippen LogP contribution in [0.25, 0.3) is 0 Å². The van der Waals surface area contributed by atoms with E-state index in [1.165, 1.54) is 35.4 Å². The fourth-order valence-corrected chi connectivity index (χ4v) is 3.55. The number of benzene rings is 1. The van der Waals surface area contributed by atoms with Gasteiger partial charge >= 0.3 is 0 Å². The van der Waals surface area contributed by atoms with Crippen LogP contribution >= 0.6 is 11.3 Å². The topological polar surface area (TPSA) is 24.9 Å². The minimum atomic E-state index is 0.495. The number of nitrogens with one attached hydrogen (secondary N) is 1. The highest BCUT2D eigenvalue weighted by molar-refractivity contribution is 7.09. The van der Waals surface area contributed by atoms with E-state index in [1.54, 1.807) is 11.3 Å². The van der Waals surface area contributed by atoms with Crippen molar-refractivity contribution < 1.29 is 0 Å². The normalized spacial score (nSPS) is 19.9. The van der Waals surface area contributed by atoms with Crippen LogP contribution in [0.4, 0.5) is 0 Å². The molecule has 1 aliphatic rings. The number of nitrogens with zero attached hydrogens (tertiary/aromatic N) is 1. The quantitative estimate of drug-likeness (QED) is 0.912. The van der Waals surface area contributed by atoms with Gasteiger partial charge in [0.05, 0.1) is 5.01 Å². The van der Waals surface area contributed by atoms with Gasteiger partial charge < -0.3 is 5.32 Å². The van der Waals surface area contributed by atoms with Crippen LogP contribution in [0.2, 0.25) is 0 Å². The van der Waals surface area contributed by atoms with E-state index in [0.29, 0.717) is 12.0 Å². The first kappa shape index (κ1) is 12.8. The predicted molar refractivity (Wildman–Crippen MR) is 80.7 cm³/mol. The molecule has 0 amide bonds. The summed E-state index contributed by atoms with van der Waals surface area (Å²) in [5, 5.41) is 7.02. The van der Waals surface area contributed by atoms with Gasteiger partial charge in [-0.15, -0.1) is 11.3 Å². The molecule has 0 fully saturated rings. The molecule has 1 aromatic carbocycles. The SMILES string of the molecule is CC(CNC1CCCc2ccccc21)c1nccs1. The van der Waals surface area contributed by atoms with E-state index in [0.717, 1.165) is 6.54 Å². The minimum Gasteiger partial charge on any atom is -0.309 e. The van der Waals surface area contributed by atoms with Crippen LogP contribution in [0.15, 0.2) is 35.8 Å². The Morgan fingerprint density at radius 3 is 3.16 bits per heavy atom. The molecule has 19 heavy (non-hydrogen) atoms. The highest BCUT2D eigenvalue weighted by atomic mass is 32.1. The highest BCUT2D eigenvalue weighted by Gasteiger charge is 2.20. The number of rotatable bonds is 4. The summed E-state index contributed by atoms with van der Waals surface area (Å²) in [4.78, 5) is 4.40. The lowest BCUT2D eigenvalue weighted by Crippen LogP contribution is -2.28. The Morgan fingerprint density at radius 2 is 2.32 bits per heavy atom. The molecule has 2 atom stereocenters. The van der Waals surface area contributed by atoms with E-state index in [-0.39, 0.29) is 0 Å². The van der Waals surface area contributed by atoms with Crippen molar-refractivity contribution in [1.29, 1.82) is 0 Å². The van der Waals surface area contributed by atoms with Crippen LogP contribution in [0.3, 0.4) is 0 Å². The van der Waals surface area contributed by atoms with Gasteiger partial charge in [0.25, 0.3) is 0 Å². The maximum absolute atomic E-state index is 4.40. The summed E-state index contributed by atoms with van der Waals surface area (Å²) in [6.07, 6.45) is 5.67. The second kappa shape index (κ2) is 5.85. The average Bonchev–Trinajstić information content (AvgIpc) is 2.99. The largest absolute Gasteiger partial charge is 0.309 e. The average molecular weight is 272 g/mol. The Hall–Kier alpha value is -1.19. The predicted octanol–water partition coefficient (Wildman–Crippen LogP) is 3.91. The Bertz CT molecular complexity index is 521. The lowest BCUT2D eigenvalue weighted by atomic mass is 9.87. The second-order valence-corrected chi connectivity index (χ2v) is 6.25. The molecule has 2 aromatic rings. The summed E-state index contributed by atoms with van der Waals surface area (Å²) < 4.78 is 0. The fraction of sp³-hybridized carbons (Fsp3) is 0.438. The molecule has 1 heterocycles. The standard InChI is InChI=1S/C16H20N2S/c1-12(16-17-9-10-19-16)11-18-15-8-4-6-13-5-2-3-7-14(13)15/h2-3,5,7,9-10,12,15,18H,4,6,8,11H2,1H3. The summed E-state index contributed by atoms with van der Waals surface area (Å²) in [6.45, 7) is 3.26. The maximum Gasteiger partial charge on any atom is 0.0965 e. The molecule has 1 aliphatic carbocycles. The lowest BCUT2D eigenvalue weighted by molar-refractivity contribution is 0.446. The smallest absolute Gasteiger partial charge is 0.0965 e. The first-order chi connectivity index (χ1) is 9.34. The molecule has 0 bridgehead atoms. The molecular formula is C16H20N2S. The second-order valence-electron chi connectivity index (χ2n) is 5.32. The molecule has 0 saturated carbocycles. The third-order valence-corrected chi connectivity index (χ3v) is 4.92. The van der Waals surface area contributed by atoms with Gasteiger partial charge in [0.15, 0.2) is 0 Å². The van der Waals surface area contributed by atoms with Crippen LogP contribution in [0.1, 0.15) is 47.9 Å². The third-order valence-electron chi connectivity index (χ3n) is 3.91. The van der Waals surface area contributed by atoms with Gasteiger partial charge in [-0.3, -0.25) is 0 Å². The molecule has 3 heteroatoms. The van der Waals surface area contributed by atoms with Gasteiger partial charge in [-0.05, 0) is 30.4 Å². The number of thiazole rings is 1. The van der Waals surface area contributed by atoms with Crippen LogP contribution in [-0.4, -0.2) is 11.5 Å². The van der Waals surface area contributed by atoms with E-state index < -0.39 is 0 Å². The highest BCUT2D eigenvalue weighted by Crippen LogP contribution is 2.30. The zero-order valence-electron chi connectivity index (χ0n) is 11.3. The Balaban J connectivity index is 1.65. The Morgan fingerprint density at radius 1 is 1.42 bits per heavy atom. The first-order valence-corrected chi connectivity index (χ1v) is 7.93. The van der Waals surface area contributed by atoms with Crippen LogP contribution < -0.4 is 5.32 Å². The molecule has 1 N–H and O–H groups in total. The van der Waals surface area contributed by atoms with Gasteiger partial charge in [0, 0.05) is 30.1 Å². The number of aromatic nitrogens is 1. The van der Waals surface area contributed by atoms with Crippen molar-refractivity contribution in [1.82, 2.24) is 10.3 Å². The summed E-state index contributed by atoms with van der Waals surface area (Å²) in [5.74, 6) is 0.495. The van der Waals surface area contributed by atoms with E-state index >= 15 is 0 Å².